The number of nitriles is 1. The third-order valence-electron chi connectivity index (χ3n) is 2.54. The van der Waals surface area contributed by atoms with Gasteiger partial charge in [-0.15, -0.1) is 0 Å². The Labute approximate surface area is 75.0 Å². The van der Waals surface area contributed by atoms with E-state index in [1.807, 2.05) is 0 Å². The van der Waals surface area contributed by atoms with Gasteiger partial charge in [0, 0.05) is 6.42 Å². The monoisotopic (exact) mass is 166 g/mol. The van der Waals surface area contributed by atoms with Crippen LogP contribution in [0.15, 0.2) is 0 Å². The van der Waals surface area contributed by atoms with Crippen LogP contribution in [0.2, 0.25) is 0 Å². The SMILES string of the molecule is CC(CNCCCC#N)C1CC1. The highest BCUT2D eigenvalue weighted by molar-refractivity contribution is 4.79. The molecular formula is C10H18N2. The summed E-state index contributed by atoms with van der Waals surface area (Å²) < 4.78 is 0. The van der Waals surface area contributed by atoms with Crippen molar-refractivity contribution in [3.05, 3.63) is 0 Å². The summed E-state index contributed by atoms with van der Waals surface area (Å²) >= 11 is 0. The van der Waals surface area contributed by atoms with Crippen molar-refractivity contribution in [2.75, 3.05) is 13.1 Å². The summed E-state index contributed by atoms with van der Waals surface area (Å²) in [4.78, 5) is 0. The van der Waals surface area contributed by atoms with Crippen LogP contribution in [0.3, 0.4) is 0 Å². The van der Waals surface area contributed by atoms with E-state index in [2.05, 4.69) is 18.3 Å². The number of nitrogens with one attached hydrogen (secondary N) is 1. The van der Waals surface area contributed by atoms with E-state index < -0.39 is 0 Å². The molecule has 12 heavy (non-hydrogen) atoms. The zero-order chi connectivity index (χ0) is 8.81. The Balaban J connectivity index is 1.85. The van der Waals surface area contributed by atoms with Gasteiger partial charge in [0.1, 0.15) is 0 Å². The third kappa shape index (κ3) is 3.73. The Morgan fingerprint density at radius 1 is 1.58 bits per heavy atom. The Bertz CT molecular complexity index is 156. The van der Waals surface area contributed by atoms with Crippen molar-refractivity contribution < 1.29 is 0 Å². The maximum Gasteiger partial charge on any atom is 0.0622 e. The molecular weight excluding hydrogens is 148 g/mol. The van der Waals surface area contributed by atoms with Gasteiger partial charge in [0.2, 0.25) is 0 Å². The van der Waals surface area contributed by atoms with E-state index in [1.54, 1.807) is 0 Å². The van der Waals surface area contributed by atoms with E-state index in [9.17, 15) is 0 Å². The average Bonchev–Trinajstić information content (AvgIpc) is 2.86. The molecule has 1 unspecified atom stereocenters. The number of nitrogens with zero attached hydrogens (tertiary/aromatic N) is 1. The first kappa shape index (κ1) is 9.54. The Morgan fingerprint density at radius 2 is 2.33 bits per heavy atom. The van der Waals surface area contributed by atoms with E-state index in [4.69, 9.17) is 5.26 Å². The second kappa shape index (κ2) is 5.16. The Morgan fingerprint density at radius 3 is 2.92 bits per heavy atom. The van der Waals surface area contributed by atoms with Gasteiger partial charge >= 0.3 is 0 Å². The van der Waals surface area contributed by atoms with Crippen LogP contribution in [0.4, 0.5) is 0 Å². The molecule has 1 N–H and O–H groups in total. The molecule has 0 saturated heterocycles. The maximum atomic E-state index is 8.30. The van der Waals surface area contributed by atoms with Crippen molar-refractivity contribution in [2.24, 2.45) is 11.8 Å². The number of rotatable bonds is 6. The van der Waals surface area contributed by atoms with Crippen LogP contribution in [-0.4, -0.2) is 13.1 Å². The summed E-state index contributed by atoms with van der Waals surface area (Å²) in [5.41, 5.74) is 0. The summed E-state index contributed by atoms with van der Waals surface area (Å²) in [5.74, 6) is 1.83. The third-order valence-corrected chi connectivity index (χ3v) is 2.54. The van der Waals surface area contributed by atoms with E-state index in [0.717, 1.165) is 31.3 Å². The fourth-order valence-electron chi connectivity index (χ4n) is 1.45. The van der Waals surface area contributed by atoms with Crippen molar-refractivity contribution in [2.45, 2.75) is 32.6 Å². The van der Waals surface area contributed by atoms with E-state index >= 15 is 0 Å². The first-order valence-corrected chi connectivity index (χ1v) is 4.92. The summed E-state index contributed by atoms with van der Waals surface area (Å²) in [6.45, 7) is 4.45. The van der Waals surface area contributed by atoms with Crippen molar-refractivity contribution in [3.8, 4) is 6.07 Å². The van der Waals surface area contributed by atoms with Crippen LogP contribution in [0.5, 0.6) is 0 Å². The summed E-state index contributed by atoms with van der Waals surface area (Å²) in [6.07, 6.45) is 4.54. The molecule has 0 bridgehead atoms. The molecule has 2 heteroatoms. The Hall–Kier alpha value is -0.550. The van der Waals surface area contributed by atoms with E-state index in [1.165, 1.54) is 12.8 Å². The van der Waals surface area contributed by atoms with E-state index in [-0.39, 0.29) is 0 Å². The molecule has 0 spiro atoms. The van der Waals surface area contributed by atoms with Crippen molar-refractivity contribution in [1.29, 1.82) is 5.26 Å². The van der Waals surface area contributed by atoms with Gasteiger partial charge in [-0.05, 0) is 44.2 Å². The highest BCUT2D eigenvalue weighted by atomic mass is 14.9. The largest absolute Gasteiger partial charge is 0.316 e. The van der Waals surface area contributed by atoms with Crippen LogP contribution in [0, 0.1) is 23.2 Å². The van der Waals surface area contributed by atoms with Gasteiger partial charge in [0.25, 0.3) is 0 Å². The first-order valence-electron chi connectivity index (χ1n) is 4.92. The van der Waals surface area contributed by atoms with Crippen LogP contribution >= 0.6 is 0 Å². The summed E-state index contributed by atoms with van der Waals surface area (Å²) in [6, 6.07) is 2.15. The number of hydrogen-bond acceptors (Lipinski definition) is 2. The van der Waals surface area contributed by atoms with Crippen LogP contribution < -0.4 is 5.32 Å². The van der Waals surface area contributed by atoms with Crippen LogP contribution in [0.1, 0.15) is 32.6 Å². The molecule has 1 aliphatic carbocycles. The molecule has 1 aliphatic rings. The van der Waals surface area contributed by atoms with Gasteiger partial charge in [-0.3, -0.25) is 0 Å². The number of hydrogen-bond donors (Lipinski definition) is 1. The zero-order valence-corrected chi connectivity index (χ0v) is 7.84. The normalized spacial score (nSPS) is 18.7. The molecule has 0 aliphatic heterocycles. The van der Waals surface area contributed by atoms with Crippen molar-refractivity contribution in [1.82, 2.24) is 5.32 Å². The van der Waals surface area contributed by atoms with E-state index in [0.29, 0.717) is 6.42 Å². The molecule has 0 aromatic rings. The second-order valence-electron chi connectivity index (χ2n) is 3.78. The maximum absolute atomic E-state index is 8.30. The molecule has 68 valence electrons. The summed E-state index contributed by atoms with van der Waals surface area (Å²) in [7, 11) is 0. The molecule has 0 amide bonds. The smallest absolute Gasteiger partial charge is 0.0622 e. The molecule has 1 saturated carbocycles. The van der Waals surface area contributed by atoms with Gasteiger partial charge in [-0.2, -0.15) is 5.26 Å². The van der Waals surface area contributed by atoms with Gasteiger partial charge in [0.05, 0.1) is 6.07 Å². The minimum absolute atomic E-state index is 0.685. The number of unbranched alkanes of at least 4 members (excludes halogenated alkanes) is 1. The lowest BCUT2D eigenvalue weighted by Crippen LogP contribution is -2.23. The van der Waals surface area contributed by atoms with Crippen LogP contribution in [0.25, 0.3) is 0 Å². The fraction of sp³-hybridized carbons (Fsp3) is 0.900. The second-order valence-corrected chi connectivity index (χ2v) is 3.78. The molecule has 0 radical (unpaired) electrons. The molecule has 2 nitrogen and oxygen atoms in total. The molecule has 1 rings (SSSR count). The molecule has 1 fully saturated rings. The van der Waals surface area contributed by atoms with Crippen molar-refractivity contribution in [3.63, 3.8) is 0 Å². The standard InChI is InChI=1S/C10H18N2/c1-9(10-4-5-10)8-12-7-3-2-6-11/h9-10,12H,2-5,7-8H2,1H3. The van der Waals surface area contributed by atoms with Gasteiger partial charge in [-0.25, -0.2) is 0 Å². The highest BCUT2D eigenvalue weighted by Crippen LogP contribution is 2.35. The predicted molar refractivity (Wildman–Crippen MR) is 49.6 cm³/mol. The predicted octanol–water partition coefficient (Wildman–Crippen LogP) is 1.93. The first-order chi connectivity index (χ1) is 5.84. The highest BCUT2D eigenvalue weighted by Gasteiger charge is 2.27. The van der Waals surface area contributed by atoms with Gasteiger partial charge in [0.15, 0.2) is 0 Å². The molecule has 0 heterocycles. The Kier molecular flexibility index (Phi) is 4.10. The summed E-state index contributed by atoms with van der Waals surface area (Å²) in [5, 5.41) is 11.7. The van der Waals surface area contributed by atoms with Gasteiger partial charge in [-0.1, -0.05) is 6.92 Å². The lowest BCUT2D eigenvalue weighted by atomic mass is 10.1. The fourth-order valence-corrected chi connectivity index (χ4v) is 1.45. The average molecular weight is 166 g/mol. The van der Waals surface area contributed by atoms with Crippen LogP contribution in [-0.2, 0) is 0 Å². The van der Waals surface area contributed by atoms with Crippen molar-refractivity contribution >= 4 is 0 Å². The topological polar surface area (TPSA) is 35.8 Å². The molecule has 0 aromatic carbocycles. The minimum atomic E-state index is 0.685. The molecule has 1 atom stereocenters. The van der Waals surface area contributed by atoms with Gasteiger partial charge < -0.3 is 5.32 Å². The minimum Gasteiger partial charge on any atom is -0.316 e. The lowest BCUT2D eigenvalue weighted by molar-refractivity contribution is 0.460. The lowest BCUT2D eigenvalue weighted by Gasteiger charge is -2.10. The molecule has 0 aromatic heterocycles. The quantitative estimate of drug-likeness (QED) is 0.612. The zero-order valence-electron chi connectivity index (χ0n) is 7.84.